The van der Waals surface area contributed by atoms with Gasteiger partial charge < -0.3 is 9.80 Å². The molecular weight excluding hydrogens is 926 g/mol. The van der Waals surface area contributed by atoms with E-state index in [2.05, 4.69) is 259 Å². The van der Waals surface area contributed by atoms with E-state index in [9.17, 15) is 0 Å². The molecule has 2 aliphatic rings. The van der Waals surface area contributed by atoms with Crippen molar-refractivity contribution >= 4 is 125 Å². The molecule has 0 fully saturated rings. The van der Waals surface area contributed by atoms with Crippen LogP contribution < -0.4 is 56.8 Å². The zero-order chi connectivity index (χ0) is 49.6. The van der Waals surface area contributed by atoms with Crippen molar-refractivity contribution < 1.29 is 0 Å². The first-order valence-electron chi connectivity index (χ1n) is 25.2. The standard InChI is InChI=1S/C63H58BN5SSi2/c1-62(2,3)43-28-31-47(32-29-43)69-55-38-52(72(49-24-16-11-17-25-49,50-26-18-34-65-41-50)51-27-19-35-66-42-51)39-57-58(55)64(60-59(69)53-36-44(63(4,5)6)30-33-56(53)70-60)54-37-48(40-67-61(54)71(57,7)8)68(45-20-12-9-13-21-45)46-22-14-10-15-23-46/h9-42H,1-8H3. The number of fused-ring (bicyclic) bond motifs is 6. The van der Waals surface area contributed by atoms with Crippen LogP contribution in [0.5, 0.6) is 0 Å². The molecule has 12 rings (SSSR count). The Bertz CT molecular complexity index is 3500. The molecule has 5 nitrogen and oxygen atoms in total. The molecule has 10 aromatic rings. The van der Waals surface area contributed by atoms with Gasteiger partial charge in [-0.3, -0.25) is 15.0 Å². The highest BCUT2D eigenvalue weighted by Crippen LogP contribution is 2.45. The molecule has 0 atom stereocenters. The molecule has 2 aliphatic heterocycles. The van der Waals surface area contributed by atoms with E-state index in [4.69, 9.17) is 15.0 Å². The maximum atomic E-state index is 5.75. The van der Waals surface area contributed by atoms with Gasteiger partial charge in [0.2, 0.25) is 0 Å². The first kappa shape index (κ1) is 45.9. The Balaban J connectivity index is 1.23. The number of benzene rings is 6. The van der Waals surface area contributed by atoms with Crippen molar-refractivity contribution in [2.24, 2.45) is 0 Å². The van der Waals surface area contributed by atoms with Gasteiger partial charge >= 0.3 is 0 Å². The highest BCUT2D eigenvalue weighted by atomic mass is 32.1. The molecule has 0 radical (unpaired) electrons. The third-order valence-corrected chi connectivity index (χ3v) is 24.6. The Morgan fingerprint density at radius 3 is 1.69 bits per heavy atom. The smallest absolute Gasteiger partial charge is 0.260 e. The van der Waals surface area contributed by atoms with Gasteiger partial charge in [-0.2, -0.15) is 0 Å². The lowest BCUT2D eigenvalue weighted by Crippen LogP contribution is -2.80. The molecule has 6 aromatic carbocycles. The van der Waals surface area contributed by atoms with Gasteiger partial charge in [-0.1, -0.05) is 163 Å². The topological polar surface area (TPSA) is 45.2 Å². The molecular formula is C63H58BN5SSi2. The van der Waals surface area contributed by atoms with Crippen LogP contribution in [0, 0.1) is 0 Å². The van der Waals surface area contributed by atoms with E-state index in [-0.39, 0.29) is 17.5 Å². The van der Waals surface area contributed by atoms with E-state index in [0.29, 0.717) is 0 Å². The van der Waals surface area contributed by atoms with Crippen molar-refractivity contribution in [3.8, 4) is 0 Å². The molecule has 6 heterocycles. The van der Waals surface area contributed by atoms with Crippen LogP contribution >= 0.6 is 11.3 Å². The minimum atomic E-state index is -3.14. The fraction of sp³-hybridized carbons (Fsp3) is 0.159. The average molecular weight is 984 g/mol. The summed E-state index contributed by atoms with van der Waals surface area (Å²) in [6, 6.07) is 66.0. The number of hydrogen-bond donors (Lipinski definition) is 0. The van der Waals surface area contributed by atoms with Crippen molar-refractivity contribution in [3.05, 3.63) is 218 Å². The Morgan fingerprint density at radius 1 is 0.556 bits per heavy atom. The van der Waals surface area contributed by atoms with Crippen molar-refractivity contribution in [1.29, 1.82) is 0 Å². The van der Waals surface area contributed by atoms with Crippen LogP contribution in [0.2, 0.25) is 13.1 Å². The number of para-hydroxylation sites is 2. The van der Waals surface area contributed by atoms with Gasteiger partial charge in [0.15, 0.2) is 8.07 Å². The molecule has 72 heavy (non-hydrogen) atoms. The van der Waals surface area contributed by atoms with Crippen molar-refractivity contribution in [1.82, 2.24) is 15.0 Å². The second-order valence-electron chi connectivity index (χ2n) is 22.2. The van der Waals surface area contributed by atoms with Gasteiger partial charge in [0.1, 0.15) is 8.07 Å². The Labute approximate surface area is 431 Å². The molecule has 0 spiro atoms. The van der Waals surface area contributed by atoms with Gasteiger partial charge in [-0.05, 0) is 126 Å². The fourth-order valence-electron chi connectivity index (χ4n) is 11.7. The molecule has 0 aliphatic carbocycles. The number of pyridine rings is 3. The third kappa shape index (κ3) is 7.35. The van der Waals surface area contributed by atoms with Gasteiger partial charge in [0.05, 0.1) is 17.6 Å². The summed E-state index contributed by atoms with van der Waals surface area (Å²) in [5.74, 6) is 0. The van der Waals surface area contributed by atoms with Gasteiger partial charge in [-0.15, -0.1) is 11.3 Å². The lowest BCUT2D eigenvalue weighted by atomic mass is 9.38. The molecule has 352 valence electrons. The Kier molecular flexibility index (Phi) is 11.0. The predicted molar refractivity (Wildman–Crippen MR) is 313 cm³/mol. The summed E-state index contributed by atoms with van der Waals surface area (Å²) in [4.78, 5) is 20.5. The van der Waals surface area contributed by atoms with Crippen LogP contribution in [0.25, 0.3) is 10.1 Å². The van der Waals surface area contributed by atoms with Crippen LogP contribution in [0.15, 0.2) is 207 Å². The number of rotatable bonds is 8. The first-order valence-corrected chi connectivity index (χ1v) is 31.0. The van der Waals surface area contributed by atoms with E-state index in [1.807, 2.05) is 23.7 Å². The van der Waals surface area contributed by atoms with E-state index in [0.717, 1.165) is 22.7 Å². The molecule has 0 saturated carbocycles. The van der Waals surface area contributed by atoms with Crippen LogP contribution in [0.3, 0.4) is 0 Å². The second-order valence-corrected chi connectivity index (χ2v) is 31.3. The van der Waals surface area contributed by atoms with Gasteiger partial charge in [-0.25, -0.2) is 0 Å². The minimum Gasteiger partial charge on any atom is -0.310 e. The molecule has 0 saturated heterocycles. The summed E-state index contributed by atoms with van der Waals surface area (Å²) >= 11 is 1.96. The summed E-state index contributed by atoms with van der Waals surface area (Å²) in [5, 5.41) is 9.02. The predicted octanol–water partition coefficient (Wildman–Crippen LogP) is 9.96. The van der Waals surface area contributed by atoms with E-state index in [1.54, 1.807) is 0 Å². The van der Waals surface area contributed by atoms with Crippen molar-refractivity contribution in [2.45, 2.75) is 65.5 Å². The van der Waals surface area contributed by atoms with E-state index in [1.165, 1.54) is 79.5 Å². The average Bonchev–Trinajstić information content (AvgIpc) is 3.77. The number of nitrogens with zero attached hydrogens (tertiary/aromatic N) is 5. The lowest BCUT2D eigenvalue weighted by Gasteiger charge is -2.45. The number of aromatic nitrogens is 3. The zero-order valence-electron chi connectivity index (χ0n) is 42.4. The normalized spacial score (nSPS) is 13.9. The summed E-state index contributed by atoms with van der Waals surface area (Å²) < 4.78 is 2.65. The second kappa shape index (κ2) is 17.3. The quantitative estimate of drug-likeness (QED) is 0.142. The van der Waals surface area contributed by atoms with E-state index < -0.39 is 16.1 Å². The SMILES string of the molecule is CC(C)(C)c1ccc(N2c3cc([Si](c4ccccc4)(c4cccnc4)c4cccnc4)cc4c3B(c3cc(N(c5ccccc5)c5ccccc5)cnc3[Si]4(C)C)c3sc4ccc(C(C)(C)C)cc4c32)cc1. The lowest BCUT2D eigenvalue weighted by molar-refractivity contribution is 0.590. The fourth-order valence-corrected chi connectivity index (χ4v) is 20.8. The molecule has 0 N–H and O–H groups in total. The third-order valence-electron chi connectivity index (χ3n) is 15.3. The van der Waals surface area contributed by atoms with Crippen LogP contribution in [0.1, 0.15) is 52.7 Å². The Morgan fingerprint density at radius 2 is 1.12 bits per heavy atom. The van der Waals surface area contributed by atoms with Crippen molar-refractivity contribution in [3.63, 3.8) is 0 Å². The van der Waals surface area contributed by atoms with Crippen LogP contribution in [-0.4, -0.2) is 37.8 Å². The van der Waals surface area contributed by atoms with Crippen molar-refractivity contribution in [2.75, 3.05) is 9.80 Å². The molecule has 0 bridgehead atoms. The summed E-state index contributed by atoms with van der Waals surface area (Å²) in [6.45, 7) is 18.9. The molecule has 0 unspecified atom stereocenters. The minimum absolute atomic E-state index is 0.00178. The maximum absolute atomic E-state index is 5.75. The van der Waals surface area contributed by atoms with E-state index >= 15 is 0 Å². The summed E-state index contributed by atoms with van der Waals surface area (Å²) in [5.41, 5.74) is 12.2. The Hall–Kier alpha value is -7.17. The first-order chi connectivity index (χ1) is 34.7. The highest BCUT2D eigenvalue weighted by Gasteiger charge is 2.52. The summed E-state index contributed by atoms with van der Waals surface area (Å²) in [7, 11) is -5.77. The number of hydrogen-bond acceptors (Lipinski definition) is 6. The van der Waals surface area contributed by atoms with Crippen LogP contribution in [-0.2, 0) is 10.8 Å². The molecule has 9 heteroatoms. The van der Waals surface area contributed by atoms with Crippen LogP contribution in [0.4, 0.5) is 34.1 Å². The number of anilines is 6. The summed E-state index contributed by atoms with van der Waals surface area (Å²) in [6.07, 6.45) is 10.2. The van der Waals surface area contributed by atoms with Gasteiger partial charge in [0.25, 0.3) is 6.71 Å². The largest absolute Gasteiger partial charge is 0.310 e. The monoisotopic (exact) mass is 983 g/mol. The number of thiophene rings is 1. The zero-order valence-corrected chi connectivity index (χ0v) is 45.2. The highest BCUT2D eigenvalue weighted by molar-refractivity contribution is 7.35. The maximum Gasteiger partial charge on any atom is 0.260 e. The molecule has 0 amide bonds. The van der Waals surface area contributed by atoms with Gasteiger partial charge in [0, 0.05) is 67.7 Å². The molecule has 4 aromatic heterocycles.